The minimum Gasteiger partial charge on any atom is -0.349 e. The summed E-state index contributed by atoms with van der Waals surface area (Å²) in [6.45, 7) is 2.79. The first kappa shape index (κ1) is 9.74. The van der Waals surface area contributed by atoms with E-state index in [2.05, 4.69) is 46.0 Å². The van der Waals surface area contributed by atoms with E-state index >= 15 is 0 Å². The lowest BCUT2D eigenvalue weighted by atomic mass is 10.1. The van der Waals surface area contributed by atoms with E-state index < -0.39 is 0 Å². The largest absolute Gasteiger partial charge is 0.349 e. The number of aryl methyl sites for hydroxylation is 1. The first-order valence-electron chi connectivity index (χ1n) is 4.69. The van der Waals surface area contributed by atoms with Crippen molar-refractivity contribution in [2.75, 3.05) is 6.54 Å². The number of benzene rings is 1. The number of para-hydroxylation sites is 1. The highest BCUT2D eigenvalue weighted by molar-refractivity contribution is 9.10. The molecule has 14 heavy (non-hydrogen) atoms. The number of fused-ring (bicyclic) bond motifs is 1. The summed E-state index contributed by atoms with van der Waals surface area (Å²) in [5, 5.41) is 1.28. The van der Waals surface area contributed by atoms with Crippen LogP contribution in [-0.2, 0) is 6.42 Å². The Balaban J connectivity index is 2.70. The Bertz CT molecular complexity index is 460. The number of nitrogens with two attached hydrogens (primary N) is 1. The molecule has 0 radical (unpaired) electrons. The second kappa shape index (κ2) is 3.75. The van der Waals surface area contributed by atoms with Crippen molar-refractivity contribution >= 4 is 26.8 Å². The first-order valence-corrected chi connectivity index (χ1v) is 5.49. The molecule has 2 rings (SSSR count). The third kappa shape index (κ3) is 1.47. The smallest absolute Gasteiger partial charge is 0.0864 e. The van der Waals surface area contributed by atoms with Crippen LogP contribution < -0.4 is 5.73 Å². The highest BCUT2D eigenvalue weighted by Gasteiger charge is 2.09. The summed E-state index contributed by atoms with van der Waals surface area (Å²) in [5.41, 5.74) is 9.35. The minimum absolute atomic E-state index is 0.680. The van der Waals surface area contributed by atoms with E-state index in [1.807, 2.05) is 0 Å². The third-order valence-corrected chi connectivity index (χ3v) is 3.17. The molecule has 3 N–H and O–H groups in total. The van der Waals surface area contributed by atoms with Gasteiger partial charge >= 0.3 is 0 Å². The van der Waals surface area contributed by atoms with Crippen molar-refractivity contribution in [2.24, 2.45) is 5.73 Å². The van der Waals surface area contributed by atoms with E-state index in [4.69, 9.17) is 5.73 Å². The summed E-state index contributed by atoms with van der Waals surface area (Å²) in [6, 6.07) is 6.32. The van der Waals surface area contributed by atoms with Crippen molar-refractivity contribution in [3.63, 3.8) is 0 Å². The number of hydrogen-bond donors (Lipinski definition) is 2. The zero-order valence-corrected chi connectivity index (χ0v) is 9.69. The van der Waals surface area contributed by atoms with Crippen molar-refractivity contribution in [3.8, 4) is 0 Å². The molecular weight excluding hydrogens is 240 g/mol. The number of nitrogens with one attached hydrogen (secondary N) is 1. The van der Waals surface area contributed by atoms with Gasteiger partial charge in [0.15, 0.2) is 0 Å². The van der Waals surface area contributed by atoms with Gasteiger partial charge in [-0.3, -0.25) is 0 Å². The molecule has 1 aromatic carbocycles. The Kier molecular flexibility index (Phi) is 2.61. The highest BCUT2D eigenvalue weighted by atomic mass is 79.9. The first-order chi connectivity index (χ1) is 6.74. The zero-order chi connectivity index (χ0) is 10.1. The van der Waals surface area contributed by atoms with Crippen molar-refractivity contribution < 1.29 is 0 Å². The monoisotopic (exact) mass is 252 g/mol. The maximum atomic E-state index is 5.58. The maximum absolute atomic E-state index is 5.58. The van der Waals surface area contributed by atoms with Gasteiger partial charge in [-0.15, -0.1) is 0 Å². The fraction of sp³-hybridized carbons (Fsp3) is 0.273. The van der Waals surface area contributed by atoms with Crippen LogP contribution in [0, 0.1) is 6.92 Å². The predicted molar refractivity (Wildman–Crippen MR) is 63.5 cm³/mol. The molecule has 0 saturated carbocycles. The molecule has 0 unspecified atom stereocenters. The predicted octanol–water partition coefficient (Wildman–Crippen LogP) is 2.74. The lowest BCUT2D eigenvalue weighted by Gasteiger charge is -1.97. The summed E-state index contributed by atoms with van der Waals surface area (Å²) in [4.78, 5) is 3.34. The molecule has 0 saturated heterocycles. The number of aromatic amines is 1. The van der Waals surface area contributed by atoms with Gasteiger partial charge in [-0.05, 0) is 46.9 Å². The molecule has 0 atom stereocenters. The Labute approximate surface area is 91.6 Å². The Morgan fingerprint density at radius 2 is 2.21 bits per heavy atom. The van der Waals surface area contributed by atoms with E-state index in [1.54, 1.807) is 0 Å². The quantitative estimate of drug-likeness (QED) is 0.848. The number of halogens is 1. The molecular formula is C11H13BrN2. The van der Waals surface area contributed by atoms with Crippen molar-refractivity contribution in [1.82, 2.24) is 4.98 Å². The minimum atomic E-state index is 0.680. The Morgan fingerprint density at radius 3 is 2.93 bits per heavy atom. The van der Waals surface area contributed by atoms with Gasteiger partial charge in [0.2, 0.25) is 0 Å². The van der Waals surface area contributed by atoms with Crippen LogP contribution in [0.1, 0.15) is 11.1 Å². The number of hydrogen-bond acceptors (Lipinski definition) is 1. The molecule has 74 valence electrons. The van der Waals surface area contributed by atoms with Crippen LogP contribution in [0.4, 0.5) is 0 Å². The summed E-state index contributed by atoms with van der Waals surface area (Å²) in [5.74, 6) is 0. The lowest BCUT2D eigenvalue weighted by molar-refractivity contribution is 0.970. The summed E-state index contributed by atoms with van der Waals surface area (Å²) in [7, 11) is 0. The number of rotatable bonds is 2. The van der Waals surface area contributed by atoms with E-state index in [0.717, 1.165) is 11.0 Å². The zero-order valence-electron chi connectivity index (χ0n) is 8.10. The Morgan fingerprint density at radius 1 is 1.43 bits per heavy atom. The second-order valence-corrected chi connectivity index (χ2v) is 4.25. The van der Waals surface area contributed by atoms with Crippen LogP contribution in [0.5, 0.6) is 0 Å². The molecule has 0 fully saturated rings. The van der Waals surface area contributed by atoms with Crippen LogP contribution >= 0.6 is 15.9 Å². The maximum Gasteiger partial charge on any atom is 0.0864 e. The SMILES string of the molecule is Cc1cccc2c(CCN)c(Br)[nH]c12. The van der Waals surface area contributed by atoms with Crippen LogP contribution in [0.25, 0.3) is 10.9 Å². The van der Waals surface area contributed by atoms with Gasteiger partial charge in [0.1, 0.15) is 0 Å². The molecule has 0 aliphatic heterocycles. The van der Waals surface area contributed by atoms with E-state index in [1.165, 1.54) is 22.0 Å². The summed E-state index contributed by atoms with van der Waals surface area (Å²) >= 11 is 3.53. The standard InChI is InChI=1S/C11H13BrN2/c1-7-3-2-4-8-9(5-6-13)11(12)14-10(7)8/h2-4,14H,5-6,13H2,1H3. The molecule has 1 aromatic heterocycles. The molecule has 0 spiro atoms. The molecule has 2 aromatic rings. The molecule has 3 heteroatoms. The van der Waals surface area contributed by atoms with Crippen molar-refractivity contribution in [3.05, 3.63) is 33.9 Å². The highest BCUT2D eigenvalue weighted by Crippen LogP contribution is 2.28. The van der Waals surface area contributed by atoms with Crippen LogP contribution in [0.2, 0.25) is 0 Å². The van der Waals surface area contributed by atoms with Crippen LogP contribution in [0.3, 0.4) is 0 Å². The Hall–Kier alpha value is -0.800. The van der Waals surface area contributed by atoms with E-state index in [9.17, 15) is 0 Å². The molecule has 1 heterocycles. The van der Waals surface area contributed by atoms with Gasteiger partial charge in [-0.25, -0.2) is 0 Å². The molecule has 2 nitrogen and oxygen atoms in total. The van der Waals surface area contributed by atoms with Crippen LogP contribution in [-0.4, -0.2) is 11.5 Å². The van der Waals surface area contributed by atoms with Gasteiger partial charge in [-0.1, -0.05) is 18.2 Å². The fourth-order valence-corrected chi connectivity index (χ4v) is 2.39. The van der Waals surface area contributed by atoms with Gasteiger partial charge in [0.25, 0.3) is 0 Å². The van der Waals surface area contributed by atoms with Gasteiger partial charge < -0.3 is 10.7 Å². The van der Waals surface area contributed by atoms with E-state index in [-0.39, 0.29) is 0 Å². The summed E-state index contributed by atoms with van der Waals surface area (Å²) in [6.07, 6.45) is 0.907. The van der Waals surface area contributed by atoms with E-state index in [0.29, 0.717) is 6.54 Å². The average molecular weight is 253 g/mol. The van der Waals surface area contributed by atoms with Crippen molar-refractivity contribution in [1.29, 1.82) is 0 Å². The second-order valence-electron chi connectivity index (χ2n) is 3.45. The van der Waals surface area contributed by atoms with Crippen LogP contribution in [0.15, 0.2) is 22.8 Å². The molecule has 0 bridgehead atoms. The average Bonchev–Trinajstić information content (AvgIpc) is 2.47. The number of H-pyrrole nitrogens is 1. The molecule has 0 aliphatic rings. The summed E-state index contributed by atoms with van der Waals surface area (Å²) < 4.78 is 1.06. The topological polar surface area (TPSA) is 41.8 Å². The lowest BCUT2D eigenvalue weighted by Crippen LogP contribution is -2.02. The van der Waals surface area contributed by atoms with Crippen molar-refractivity contribution in [2.45, 2.75) is 13.3 Å². The van der Waals surface area contributed by atoms with Gasteiger partial charge in [0, 0.05) is 10.9 Å². The molecule has 0 aliphatic carbocycles. The number of aromatic nitrogens is 1. The van der Waals surface area contributed by atoms with Gasteiger partial charge in [-0.2, -0.15) is 0 Å². The normalized spacial score (nSPS) is 11.1. The fourth-order valence-electron chi connectivity index (χ4n) is 1.78. The molecule has 0 amide bonds. The van der Waals surface area contributed by atoms with Gasteiger partial charge in [0.05, 0.1) is 4.60 Å². The third-order valence-electron chi connectivity index (χ3n) is 2.49.